The van der Waals surface area contributed by atoms with Crippen LogP contribution in [0.5, 0.6) is 5.75 Å². The van der Waals surface area contributed by atoms with Gasteiger partial charge < -0.3 is 5.11 Å². The average Bonchev–Trinajstić information content (AvgIpc) is 2.43. The Labute approximate surface area is 116 Å². The molecule has 19 heavy (non-hydrogen) atoms. The van der Waals surface area contributed by atoms with Gasteiger partial charge in [-0.1, -0.05) is 52.3 Å². The first kappa shape index (κ1) is 15.7. The van der Waals surface area contributed by atoms with Gasteiger partial charge in [-0.25, -0.2) is 0 Å². The number of hydrogen-bond donors (Lipinski definition) is 1. The standard InChI is InChI=1S/C17H26O2/c1-5-12(3)15(11-17(19)13(4)6-2)14-9-7-8-10-16(14)18/h7-10,12-13,15,18H,5-6,11H2,1-4H3. The summed E-state index contributed by atoms with van der Waals surface area (Å²) in [5, 5.41) is 10.0. The molecule has 1 aromatic rings. The molecule has 1 rings (SSSR count). The third-order valence-corrected chi connectivity index (χ3v) is 4.25. The lowest BCUT2D eigenvalue weighted by Gasteiger charge is -2.24. The van der Waals surface area contributed by atoms with E-state index in [1.54, 1.807) is 6.07 Å². The number of para-hydroxylation sites is 1. The summed E-state index contributed by atoms with van der Waals surface area (Å²) >= 11 is 0. The van der Waals surface area contributed by atoms with Crippen LogP contribution in [-0.4, -0.2) is 10.9 Å². The summed E-state index contributed by atoms with van der Waals surface area (Å²) in [5.41, 5.74) is 0.911. The highest BCUT2D eigenvalue weighted by atomic mass is 16.3. The van der Waals surface area contributed by atoms with E-state index in [1.807, 2.05) is 32.0 Å². The quantitative estimate of drug-likeness (QED) is 0.784. The number of ketones is 1. The van der Waals surface area contributed by atoms with Gasteiger partial charge in [0, 0.05) is 12.3 Å². The molecule has 1 aromatic carbocycles. The second-order valence-corrected chi connectivity index (χ2v) is 5.53. The molecule has 2 heteroatoms. The molecule has 0 aliphatic carbocycles. The summed E-state index contributed by atoms with van der Waals surface area (Å²) < 4.78 is 0. The number of carbonyl (C=O) groups excluding carboxylic acids is 1. The van der Waals surface area contributed by atoms with Crippen molar-refractivity contribution in [2.75, 3.05) is 0 Å². The van der Waals surface area contributed by atoms with Crippen LogP contribution in [0.2, 0.25) is 0 Å². The molecule has 1 N–H and O–H groups in total. The topological polar surface area (TPSA) is 37.3 Å². The predicted octanol–water partition coefficient (Wildman–Crippen LogP) is 4.53. The smallest absolute Gasteiger partial charge is 0.136 e. The van der Waals surface area contributed by atoms with E-state index < -0.39 is 0 Å². The van der Waals surface area contributed by atoms with Crippen molar-refractivity contribution in [1.29, 1.82) is 0 Å². The van der Waals surface area contributed by atoms with Gasteiger partial charge >= 0.3 is 0 Å². The molecule has 0 saturated carbocycles. The maximum Gasteiger partial charge on any atom is 0.136 e. The molecule has 0 aliphatic rings. The molecular weight excluding hydrogens is 236 g/mol. The number of phenolic OH excluding ortho intramolecular Hbond substituents is 1. The van der Waals surface area contributed by atoms with Crippen molar-refractivity contribution in [2.45, 2.75) is 52.9 Å². The minimum Gasteiger partial charge on any atom is -0.508 e. The highest BCUT2D eigenvalue weighted by Crippen LogP contribution is 2.36. The molecule has 106 valence electrons. The SMILES string of the molecule is CCC(C)C(=O)CC(c1ccccc1O)C(C)CC. The number of hydrogen-bond acceptors (Lipinski definition) is 2. The Morgan fingerprint density at radius 1 is 1.16 bits per heavy atom. The lowest BCUT2D eigenvalue weighted by atomic mass is 9.80. The Morgan fingerprint density at radius 2 is 1.79 bits per heavy atom. The van der Waals surface area contributed by atoms with Gasteiger partial charge in [0.2, 0.25) is 0 Å². The third kappa shape index (κ3) is 4.09. The molecule has 0 spiro atoms. The number of rotatable bonds is 7. The first-order valence-corrected chi connectivity index (χ1v) is 7.31. The van der Waals surface area contributed by atoms with Crippen LogP contribution < -0.4 is 0 Å². The largest absolute Gasteiger partial charge is 0.508 e. The highest BCUT2D eigenvalue weighted by molar-refractivity contribution is 5.81. The van der Waals surface area contributed by atoms with E-state index in [0.717, 1.165) is 18.4 Å². The Bertz CT molecular complexity index is 411. The predicted molar refractivity (Wildman–Crippen MR) is 79.4 cm³/mol. The van der Waals surface area contributed by atoms with Gasteiger partial charge in [0.1, 0.15) is 11.5 Å². The summed E-state index contributed by atoms with van der Waals surface area (Å²) in [4.78, 5) is 12.2. The fraction of sp³-hybridized carbons (Fsp3) is 0.588. The van der Waals surface area contributed by atoms with Crippen molar-refractivity contribution in [2.24, 2.45) is 11.8 Å². The van der Waals surface area contributed by atoms with Crippen molar-refractivity contribution >= 4 is 5.78 Å². The zero-order valence-corrected chi connectivity index (χ0v) is 12.5. The van der Waals surface area contributed by atoms with Crippen LogP contribution in [0, 0.1) is 11.8 Å². The summed E-state index contributed by atoms with van der Waals surface area (Å²) in [7, 11) is 0. The van der Waals surface area contributed by atoms with Gasteiger partial charge in [0.05, 0.1) is 0 Å². The van der Waals surface area contributed by atoms with Crippen LogP contribution in [0.25, 0.3) is 0 Å². The maximum absolute atomic E-state index is 12.2. The molecule has 0 bridgehead atoms. The van der Waals surface area contributed by atoms with Gasteiger partial charge in [0.25, 0.3) is 0 Å². The number of carbonyl (C=O) groups is 1. The van der Waals surface area contributed by atoms with Crippen molar-refractivity contribution in [3.05, 3.63) is 29.8 Å². The zero-order chi connectivity index (χ0) is 14.4. The molecule has 3 unspecified atom stereocenters. The Balaban J connectivity index is 2.97. The van der Waals surface area contributed by atoms with E-state index in [-0.39, 0.29) is 11.8 Å². The van der Waals surface area contributed by atoms with Gasteiger partial charge in [-0.2, -0.15) is 0 Å². The lowest BCUT2D eigenvalue weighted by Crippen LogP contribution is -2.18. The van der Waals surface area contributed by atoms with Gasteiger partial charge in [-0.05, 0) is 29.9 Å². The fourth-order valence-corrected chi connectivity index (χ4v) is 2.35. The van der Waals surface area contributed by atoms with Crippen LogP contribution in [-0.2, 0) is 4.79 Å². The molecule has 0 aliphatic heterocycles. The van der Waals surface area contributed by atoms with Crippen molar-refractivity contribution in [3.8, 4) is 5.75 Å². The van der Waals surface area contributed by atoms with E-state index in [9.17, 15) is 9.90 Å². The summed E-state index contributed by atoms with van der Waals surface area (Å²) in [6, 6.07) is 7.40. The molecule has 0 saturated heterocycles. The van der Waals surface area contributed by atoms with Crippen molar-refractivity contribution in [3.63, 3.8) is 0 Å². The molecule has 0 amide bonds. The first-order chi connectivity index (χ1) is 9.01. The zero-order valence-electron chi connectivity index (χ0n) is 12.5. The van der Waals surface area contributed by atoms with E-state index in [0.29, 0.717) is 23.9 Å². The van der Waals surface area contributed by atoms with E-state index >= 15 is 0 Å². The van der Waals surface area contributed by atoms with E-state index in [4.69, 9.17) is 0 Å². The molecule has 3 atom stereocenters. The lowest BCUT2D eigenvalue weighted by molar-refractivity contribution is -0.123. The second kappa shape index (κ2) is 7.32. The average molecular weight is 262 g/mol. The monoisotopic (exact) mass is 262 g/mol. The number of benzene rings is 1. The molecule has 0 aromatic heterocycles. The summed E-state index contributed by atoms with van der Waals surface area (Å²) in [6.07, 6.45) is 2.42. The van der Waals surface area contributed by atoms with Crippen molar-refractivity contribution < 1.29 is 9.90 Å². The van der Waals surface area contributed by atoms with Crippen LogP contribution >= 0.6 is 0 Å². The minimum atomic E-state index is 0.109. The maximum atomic E-state index is 12.2. The number of aromatic hydroxyl groups is 1. The molecule has 0 fully saturated rings. The van der Waals surface area contributed by atoms with Gasteiger partial charge in [-0.3, -0.25) is 4.79 Å². The van der Waals surface area contributed by atoms with Crippen LogP contribution in [0.15, 0.2) is 24.3 Å². The Kier molecular flexibility index (Phi) is 6.07. The van der Waals surface area contributed by atoms with Crippen LogP contribution in [0.4, 0.5) is 0 Å². The summed E-state index contributed by atoms with van der Waals surface area (Å²) in [5.74, 6) is 1.23. The van der Waals surface area contributed by atoms with Gasteiger partial charge in [-0.15, -0.1) is 0 Å². The normalized spacial score (nSPS) is 15.8. The fourth-order valence-electron chi connectivity index (χ4n) is 2.35. The third-order valence-electron chi connectivity index (χ3n) is 4.25. The molecule has 0 radical (unpaired) electrons. The minimum absolute atomic E-state index is 0.109. The van der Waals surface area contributed by atoms with E-state index in [1.165, 1.54) is 0 Å². The second-order valence-electron chi connectivity index (χ2n) is 5.53. The number of phenols is 1. The van der Waals surface area contributed by atoms with Gasteiger partial charge in [0.15, 0.2) is 0 Å². The Hall–Kier alpha value is -1.31. The Morgan fingerprint density at radius 3 is 2.32 bits per heavy atom. The van der Waals surface area contributed by atoms with E-state index in [2.05, 4.69) is 13.8 Å². The summed E-state index contributed by atoms with van der Waals surface area (Å²) in [6.45, 7) is 8.31. The molecule has 2 nitrogen and oxygen atoms in total. The van der Waals surface area contributed by atoms with Crippen LogP contribution in [0.3, 0.4) is 0 Å². The van der Waals surface area contributed by atoms with Crippen LogP contribution in [0.1, 0.15) is 58.4 Å². The van der Waals surface area contributed by atoms with Crippen molar-refractivity contribution in [1.82, 2.24) is 0 Å². The highest BCUT2D eigenvalue weighted by Gasteiger charge is 2.25. The molecular formula is C17H26O2. The molecule has 0 heterocycles. The first-order valence-electron chi connectivity index (χ1n) is 7.31. The number of Topliss-reactive ketones (excluding diaryl/α,β-unsaturated/α-hetero) is 1.